The lowest BCUT2D eigenvalue weighted by Crippen LogP contribution is -2.56. The van der Waals surface area contributed by atoms with Gasteiger partial charge in [-0.05, 0) is 54.4 Å². The highest BCUT2D eigenvalue weighted by Gasteiger charge is 2.25. The molecule has 0 atom stereocenters. The van der Waals surface area contributed by atoms with Crippen molar-refractivity contribution in [3.8, 4) is 39.7 Å². The van der Waals surface area contributed by atoms with Crippen LogP contribution >= 0.6 is 0 Å². The zero-order valence-electron chi connectivity index (χ0n) is 21.4. The quantitative estimate of drug-likeness (QED) is 0.298. The summed E-state index contributed by atoms with van der Waals surface area (Å²) in [6.07, 6.45) is 5.25. The first-order valence-electron chi connectivity index (χ1n) is 12.6. The van der Waals surface area contributed by atoms with Crippen LogP contribution in [-0.2, 0) is 0 Å². The summed E-state index contributed by atoms with van der Waals surface area (Å²) in [7, 11) is 1.52. The molecule has 4 N–H and O–H groups in total. The molecule has 10 heteroatoms. The van der Waals surface area contributed by atoms with Gasteiger partial charge in [-0.3, -0.25) is 15.1 Å². The molecule has 1 aromatic carbocycles. The van der Waals surface area contributed by atoms with Crippen LogP contribution in [0, 0.1) is 12.7 Å². The Kier molecular flexibility index (Phi) is 5.31. The largest absolute Gasteiger partial charge is 0.497 e. The van der Waals surface area contributed by atoms with Crippen LogP contribution in [0.3, 0.4) is 0 Å². The van der Waals surface area contributed by atoms with E-state index in [1.165, 1.54) is 19.2 Å². The molecule has 194 valence electrons. The Bertz CT molecular complexity index is 1870. The van der Waals surface area contributed by atoms with Crippen molar-refractivity contribution in [3.63, 3.8) is 0 Å². The van der Waals surface area contributed by atoms with Crippen LogP contribution in [0.5, 0.6) is 5.75 Å². The van der Waals surface area contributed by atoms with Gasteiger partial charge >= 0.3 is 0 Å². The number of aromatic amines is 2. The zero-order valence-corrected chi connectivity index (χ0v) is 21.4. The number of methoxy groups -OCH3 is 1. The minimum Gasteiger partial charge on any atom is -0.497 e. The number of anilines is 1. The Morgan fingerprint density at radius 2 is 1.85 bits per heavy atom. The predicted molar refractivity (Wildman–Crippen MR) is 149 cm³/mol. The molecule has 6 heterocycles. The first-order valence-corrected chi connectivity index (χ1v) is 12.6. The number of pyridine rings is 3. The third-order valence-corrected chi connectivity index (χ3v) is 7.12. The summed E-state index contributed by atoms with van der Waals surface area (Å²) in [6.45, 7) is 3.65. The number of aryl methyl sites for hydroxylation is 1. The fraction of sp³-hybridized carbons (Fsp3) is 0.172. The molecule has 0 spiro atoms. The molecule has 5 aromatic heterocycles. The van der Waals surface area contributed by atoms with Crippen LogP contribution in [-0.4, -0.2) is 56.4 Å². The lowest BCUT2D eigenvalue weighted by molar-refractivity contribution is 0.411. The van der Waals surface area contributed by atoms with Gasteiger partial charge in [0.05, 0.1) is 47.6 Å². The Balaban J connectivity index is 1.31. The molecule has 9 nitrogen and oxygen atoms in total. The summed E-state index contributed by atoms with van der Waals surface area (Å²) in [5.74, 6) is 0.979. The lowest BCUT2D eigenvalue weighted by Gasteiger charge is -2.38. The van der Waals surface area contributed by atoms with Crippen LogP contribution < -0.4 is 15.4 Å². The van der Waals surface area contributed by atoms with Crippen LogP contribution in [0.1, 0.15) is 5.56 Å². The molecule has 0 amide bonds. The lowest BCUT2D eigenvalue weighted by atomic mass is 10.0. The van der Waals surface area contributed by atoms with Crippen molar-refractivity contribution < 1.29 is 9.13 Å². The molecule has 1 fully saturated rings. The monoisotopic (exact) mass is 520 g/mol. The highest BCUT2D eigenvalue weighted by atomic mass is 19.1. The van der Waals surface area contributed by atoms with Gasteiger partial charge in [0.1, 0.15) is 23.1 Å². The van der Waals surface area contributed by atoms with Gasteiger partial charge in [0.25, 0.3) is 0 Å². The summed E-state index contributed by atoms with van der Waals surface area (Å²) in [5.41, 5.74) is 13.3. The number of nitrogens with two attached hydrogens (primary N) is 1. The van der Waals surface area contributed by atoms with Crippen molar-refractivity contribution in [1.82, 2.24) is 30.1 Å². The average molecular weight is 521 g/mol. The van der Waals surface area contributed by atoms with E-state index in [1.54, 1.807) is 24.7 Å². The number of aromatic nitrogens is 6. The van der Waals surface area contributed by atoms with E-state index in [0.29, 0.717) is 11.3 Å². The van der Waals surface area contributed by atoms with E-state index in [4.69, 9.17) is 15.5 Å². The minimum absolute atomic E-state index is 0.189. The van der Waals surface area contributed by atoms with Gasteiger partial charge in [-0.15, -0.1) is 0 Å². The van der Waals surface area contributed by atoms with Gasteiger partial charge in [-0.25, -0.2) is 9.37 Å². The second kappa shape index (κ2) is 8.88. The summed E-state index contributed by atoms with van der Waals surface area (Å²) >= 11 is 0. The van der Waals surface area contributed by atoms with Gasteiger partial charge in [-0.2, -0.15) is 5.10 Å². The Morgan fingerprint density at radius 3 is 2.67 bits per heavy atom. The fourth-order valence-corrected chi connectivity index (χ4v) is 5.15. The Labute approximate surface area is 222 Å². The number of fused-ring (bicyclic) bond motifs is 2. The van der Waals surface area contributed by atoms with Crippen LogP contribution in [0.2, 0.25) is 0 Å². The van der Waals surface area contributed by atoms with E-state index in [2.05, 4.69) is 43.0 Å². The molecule has 0 unspecified atom stereocenters. The van der Waals surface area contributed by atoms with Crippen molar-refractivity contribution >= 4 is 27.6 Å². The average Bonchev–Trinajstić information content (AvgIpc) is 3.54. The zero-order chi connectivity index (χ0) is 26.7. The van der Waals surface area contributed by atoms with E-state index in [0.717, 1.165) is 74.6 Å². The number of benzene rings is 1. The minimum atomic E-state index is -0.375. The molecule has 6 aromatic rings. The fourth-order valence-electron chi connectivity index (χ4n) is 5.15. The number of nitrogens with zero attached hydrogens (tertiary/aromatic N) is 5. The molecule has 1 aliphatic heterocycles. The van der Waals surface area contributed by atoms with E-state index in [9.17, 15) is 4.39 Å². The maximum Gasteiger partial charge on any atom is 0.129 e. The number of ether oxygens (including phenoxy) is 1. The maximum atomic E-state index is 14.3. The number of hydrogen-bond acceptors (Lipinski definition) is 7. The smallest absolute Gasteiger partial charge is 0.129 e. The first kappa shape index (κ1) is 23.3. The summed E-state index contributed by atoms with van der Waals surface area (Å²) in [5, 5.41) is 9.49. The van der Waals surface area contributed by atoms with Gasteiger partial charge in [0.2, 0.25) is 0 Å². The Hall–Kier alpha value is -4.83. The standard InChI is InChI=1S/C29H25FN8O/c1-15-3-24(35-28(4-15)38-13-18(31)14-38)23-9-21-27(12-33-23)36-37-29(21)25-8-20-22(10-32-11-26(20)34-25)16-5-17(30)7-19(6-16)39-2/h3-12,18,34H,13-14,31H2,1-2H3,(H,36,37). The van der Waals surface area contributed by atoms with Crippen molar-refractivity contribution in [2.45, 2.75) is 13.0 Å². The van der Waals surface area contributed by atoms with Gasteiger partial charge in [0.15, 0.2) is 0 Å². The van der Waals surface area contributed by atoms with Crippen molar-refractivity contribution in [3.05, 3.63) is 72.4 Å². The third kappa shape index (κ3) is 4.05. The third-order valence-electron chi connectivity index (χ3n) is 7.12. The molecule has 0 bridgehead atoms. The van der Waals surface area contributed by atoms with Crippen LogP contribution in [0.4, 0.5) is 10.2 Å². The number of halogens is 1. The maximum absolute atomic E-state index is 14.3. The molecule has 0 aliphatic carbocycles. The van der Waals surface area contributed by atoms with E-state index >= 15 is 0 Å². The molecule has 0 radical (unpaired) electrons. The molecule has 7 rings (SSSR count). The molecule has 1 saturated heterocycles. The highest BCUT2D eigenvalue weighted by molar-refractivity contribution is 6.01. The summed E-state index contributed by atoms with van der Waals surface area (Å²) in [4.78, 5) is 19.5. The van der Waals surface area contributed by atoms with E-state index in [1.807, 2.05) is 18.2 Å². The first-order chi connectivity index (χ1) is 18.9. The Morgan fingerprint density at radius 1 is 0.974 bits per heavy atom. The van der Waals surface area contributed by atoms with Crippen molar-refractivity contribution in [1.29, 1.82) is 0 Å². The number of rotatable bonds is 5. The molecule has 1 aliphatic rings. The van der Waals surface area contributed by atoms with Gasteiger partial charge < -0.3 is 20.4 Å². The van der Waals surface area contributed by atoms with E-state index in [-0.39, 0.29) is 11.9 Å². The normalized spacial score (nSPS) is 13.8. The van der Waals surface area contributed by atoms with Crippen molar-refractivity contribution in [2.24, 2.45) is 5.73 Å². The second-order valence-corrected chi connectivity index (χ2v) is 9.95. The SMILES string of the molecule is COc1cc(F)cc(-c2cncc3[nH]c(-c4n[nH]c5cnc(-c6cc(C)cc(N7CC(N)C7)n6)cc45)cc23)c1. The molecule has 0 saturated carbocycles. The summed E-state index contributed by atoms with van der Waals surface area (Å²) < 4.78 is 19.5. The molecular formula is C29H25FN8O. The molecular weight excluding hydrogens is 495 g/mol. The number of hydrogen-bond donors (Lipinski definition) is 3. The number of H-pyrrole nitrogens is 2. The van der Waals surface area contributed by atoms with Gasteiger partial charge in [-0.1, -0.05) is 0 Å². The summed E-state index contributed by atoms with van der Waals surface area (Å²) in [6, 6.07) is 12.9. The highest BCUT2D eigenvalue weighted by Crippen LogP contribution is 2.35. The predicted octanol–water partition coefficient (Wildman–Crippen LogP) is 4.83. The topological polar surface area (TPSA) is 122 Å². The van der Waals surface area contributed by atoms with Gasteiger partial charge in [0, 0.05) is 47.7 Å². The van der Waals surface area contributed by atoms with E-state index < -0.39 is 0 Å². The van der Waals surface area contributed by atoms with Crippen LogP contribution in [0.25, 0.3) is 55.7 Å². The van der Waals surface area contributed by atoms with Crippen LogP contribution in [0.15, 0.2) is 61.1 Å². The van der Waals surface area contributed by atoms with Crippen molar-refractivity contribution in [2.75, 3.05) is 25.1 Å². The number of nitrogens with one attached hydrogen (secondary N) is 2. The molecule has 39 heavy (non-hydrogen) atoms. The second-order valence-electron chi connectivity index (χ2n) is 9.95.